The summed E-state index contributed by atoms with van der Waals surface area (Å²) < 4.78 is 7.67. The highest BCUT2D eigenvalue weighted by Crippen LogP contribution is 2.31. The van der Waals surface area contributed by atoms with Crippen molar-refractivity contribution in [2.75, 3.05) is 37.4 Å². The molecular formula is C30H34N8O5. The van der Waals surface area contributed by atoms with Gasteiger partial charge in [0.1, 0.15) is 24.7 Å². The van der Waals surface area contributed by atoms with Gasteiger partial charge in [-0.25, -0.2) is 9.48 Å². The van der Waals surface area contributed by atoms with Gasteiger partial charge in [0, 0.05) is 30.6 Å². The maximum atomic E-state index is 13.7. The molecule has 0 spiro atoms. The zero-order valence-corrected chi connectivity index (χ0v) is 24.2. The van der Waals surface area contributed by atoms with E-state index in [1.54, 1.807) is 42.0 Å². The molecule has 43 heavy (non-hydrogen) atoms. The van der Waals surface area contributed by atoms with Crippen LogP contribution in [-0.4, -0.2) is 91.8 Å². The van der Waals surface area contributed by atoms with Crippen LogP contribution in [0.5, 0.6) is 5.75 Å². The van der Waals surface area contributed by atoms with Crippen molar-refractivity contribution in [3.05, 3.63) is 72.6 Å². The first-order valence-corrected chi connectivity index (χ1v) is 14.0. The number of nitrogens with zero attached hydrogens (tertiary/aromatic N) is 6. The molecule has 0 aliphatic carbocycles. The Kier molecular flexibility index (Phi) is 8.81. The average Bonchev–Trinajstić information content (AvgIpc) is 3.51. The Morgan fingerprint density at radius 1 is 1.14 bits per heavy atom. The average molecular weight is 587 g/mol. The Bertz CT molecular complexity index is 1610. The van der Waals surface area contributed by atoms with Gasteiger partial charge in [0.25, 0.3) is 5.91 Å². The van der Waals surface area contributed by atoms with Gasteiger partial charge >= 0.3 is 6.03 Å². The first kappa shape index (κ1) is 29.5. The molecule has 4 amide bonds. The number of urea groups is 1. The molecule has 1 aliphatic rings. The summed E-state index contributed by atoms with van der Waals surface area (Å²) in [7, 11) is 1.69. The zero-order chi connectivity index (χ0) is 30.5. The lowest BCUT2D eigenvalue weighted by Gasteiger charge is -2.38. The number of ether oxygens (including phenoxy) is 1. The van der Waals surface area contributed by atoms with Gasteiger partial charge in [0.2, 0.25) is 5.91 Å². The summed E-state index contributed by atoms with van der Waals surface area (Å²) in [5.41, 5.74) is 1.33. The Balaban J connectivity index is 1.36. The summed E-state index contributed by atoms with van der Waals surface area (Å²) in [6.45, 7) is 3.91. The van der Waals surface area contributed by atoms with Crippen molar-refractivity contribution in [1.82, 2.24) is 30.0 Å². The van der Waals surface area contributed by atoms with Gasteiger partial charge in [-0.2, -0.15) is 0 Å². The summed E-state index contributed by atoms with van der Waals surface area (Å²) >= 11 is 0. The van der Waals surface area contributed by atoms with Crippen LogP contribution in [0.15, 0.2) is 67.0 Å². The van der Waals surface area contributed by atoms with Gasteiger partial charge in [-0.05, 0) is 47.0 Å². The van der Waals surface area contributed by atoms with Gasteiger partial charge < -0.3 is 30.3 Å². The standard InChI is InChI=1S/C30H34N8O5/c1-19-14-38(20(2)17-39)29(41)24-13-22(32-28(40)16-37-18-31-34-35-37)11-12-26(24)43-27(19)15-36(3)30(42)33-25-10-6-8-21-7-4-5-9-23(21)25/h4-13,18-20,27,39H,14-17H2,1-3H3,(H,32,40)(H,33,42)/t19-,20+,27+/m1/s1. The molecule has 4 aromatic rings. The highest BCUT2D eigenvalue weighted by molar-refractivity contribution is 6.02. The number of aliphatic hydroxyl groups is 1. The van der Waals surface area contributed by atoms with Crippen molar-refractivity contribution >= 4 is 40.0 Å². The van der Waals surface area contributed by atoms with Crippen LogP contribution < -0.4 is 15.4 Å². The van der Waals surface area contributed by atoms with Crippen molar-refractivity contribution in [2.45, 2.75) is 32.5 Å². The minimum Gasteiger partial charge on any atom is -0.487 e. The van der Waals surface area contributed by atoms with E-state index in [-0.39, 0.29) is 49.0 Å². The molecule has 13 heteroatoms. The van der Waals surface area contributed by atoms with Gasteiger partial charge in [-0.3, -0.25) is 9.59 Å². The first-order chi connectivity index (χ1) is 20.7. The Morgan fingerprint density at radius 2 is 1.93 bits per heavy atom. The number of fused-ring (bicyclic) bond motifs is 2. The lowest BCUT2D eigenvalue weighted by Crippen LogP contribution is -2.50. The number of rotatable bonds is 8. The van der Waals surface area contributed by atoms with Crippen LogP contribution in [-0.2, 0) is 11.3 Å². The van der Waals surface area contributed by atoms with Crippen LogP contribution in [0.25, 0.3) is 10.8 Å². The van der Waals surface area contributed by atoms with E-state index < -0.39 is 12.1 Å². The van der Waals surface area contributed by atoms with Crippen molar-refractivity contribution in [2.24, 2.45) is 5.92 Å². The van der Waals surface area contributed by atoms with Crippen molar-refractivity contribution in [1.29, 1.82) is 0 Å². The summed E-state index contributed by atoms with van der Waals surface area (Å²) in [4.78, 5) is 42.6. The Hall–Kier alpha value is -5.04. The second kappa shape index (κ2) is 12.9. The molecule has 0 unspecified atom stereocenters. The fraction of sp³-hybridized carbons (Fsp3) is 0.333. The molecule has 2 heterocycles. The van der Waals surface area contributed by atoms with Crippen LogP contribution in [0.4, 0.5) is 16.2 Å². The Morgan fingerprint density at radius 3 is 2.70 bits per heavy atom. The van der Waals surface area contributed by atoms with E-state index in [4.69, 9.17) is 4.74 Å². The maximum absolute atomic E-state index is 13.7. The monoisotopic (exact) mass is 586 g/mol. The van der Waals surface area contributed by atoms with E-state index in [9.17, 15) is 19.5 Å². The number of anilines is 2. The third kappa shape index (κ3) is 6.72. The quantitative estimate of drug-likeness (QED) is 0.285. The summed E-state index contributed by atoms with van der Waals surface area (Å²) in [5, 5.41) is 28.4. The van der Waals surface area contributed by atoms with Gasteiger partial charge in [-0.1, -0.05) is 43.3 Å². The van der Waals surface area contributed by atoms with Gasteiger partial charge in [0.15, 0.2) is 0 Å². The van der Waals surface area contributed by atoms with Gasteiger partial charge in [0.05, 0.1) is 30.4 Å². The molecule has 0 bridgehead atoms. The number of likely N-dealkylation sites (N-methyl/N-ethyl adjacent to an activating group) is 1. The minimum absolute atomic E-state index is 0.102. The first-order valence-electron chi connectivity index (χ1n) is 14.0. The van der Waals surface area contributed by atoms with Crippen molar-refractivity contribution in [3.8, 4) is 5.75 Å². The smallest absolute Gasteiger partial charge is 0.321 e. The predicted octanol–water partition coefficient (Wildman–Crippen LogP) is 2.85. The molecule has 0 radical (unpaired) electrons. The molecule has 0 saturated carbocycles. The molecule has 1 aromatic heterocycles. The highest BCUT2D eigenvalue weighted by atomic mass is 16.5. The third-order valence-electron chi connectivity index (χ3n) is 7.48. The van der Waals surface area contributed by atoms with E-state index in [1.807, 2.05) is 49.4 Å². The summed E-state index contributed by atoms with van der Waals surface area (Å²) in [5.74, 6) is -0.578. The molecular weight excluding hydrogens is 552 g/mol. The number of aromatic nitrogens is 4. The van der Waals surface area contributed by atoms with E-state index >= 15 is 0 Å². The molecule has 13 nitrogen and oxygen atoms in total. The number of nitrogens with one attached hydrogen (secondary N) is 2. The number of tetrazole rings is 1. The SMILES string of the molecule is C[C@@H]1CN([C@@H](C)CO)C(=O)c2cc(NC(=O)Cn3cnnn3)ccc2O[C@H]1CN(C)C(=O)Nc1cccc2ccccc12. The number of benzene rings is 3. The number of hydrogen-bond donors (Lipinski definition) is 3. The van der Waals surface area contributed by atoms with Crippen LogP contribution >= 0.6 is 0 Å². The van der Waals surface area contributed by atoms with Crippen LogP contribution in [0.3, 0.4) is 0 Å². The molecule has 0 saturated heterocycles. The number of carbonyl (C=O) groups excluding carboxylic acids is 3. The molecule has 1 aliphatic heterocycles. The molecule has 3 aromatic carbocycles. The number of carbonyl (C=O) groups is 3. The third-order valence-corrected chi connectivity index (χ3v) is 7.48. The molecule has 224 valence electrons. The summed E-state index contributed by atoms with van der Waals surface area (Å²) in [6, 6.07) is 17.6. The Labute approximate surface area is 248 Å². The second-order valence-electron chi connectivity index (χ2n) is 10.7. The molecule has 3 atom stereocenters. The van der Waals surface area contributed by atoms with Gasteiger partial charge in [-0.15, -0.1) is 5.10 Å². The largest absolute Gasteiger partial charge is 0.487 e. The second-order valence-corrected chi connectivity index (χ2v) is 10.7. The number of hydrogen-bond acceptors (Lipinski definition) is 8. The van der Waals surface area contributed by atoms with Crippen LogP contribution in [0.2, 0.25) is 0 Å². The predicted molar refractivity (Wildman–Crippen MR) is 160 cm³/mol. The topological polar surface area (TPSA) is 155 Å². The summed E-state index contributed by atoms with van der Waals surface area (Å²) in [6.07, 6.45) is 0.843. The number of amides is 4. The van der Waals surface area contributed by atoms with Crippen molar-refractivity contribution in [3.63, 3.8) is 0 Å². The zero-order valence-electron chi connectivity index (χ0n) is 24.2. The van der Waals surface area contributed by atoms with E-state index in [1.165, 1.54) is 11.0 Å². The molecule has 3 N–H and O–H groups in total. The van der Waals surface area contributed by atoms with Crippen molar-refractivity contribution < 1.29 is 24.2 Å². The van der Waals surface area contributed by atoms with E-state index in [0.717, 1.165) is 10.8 Å². The lowest BCUT2D eigenvalue weighted by molar-refractivity contribution is -0.116. The van der Waals surface area contributed by atoms with E-state index in [0.29, 0.717) is 23.7 Å². The van der Waals surface area contributed by atoms with E-state index in [2.05, 4.69) is 26.2 Å². The fourth-order valence-corrected chi connectivity index (χ4v) is 5.02. The molecule has 5 rings (SSSR count). The minimum atomic E-state index is -0.483. The normalized spacial score (nSPS) is 17.3. The number of aliphatic hydroxyl groups excluding tert-OH is 1. The van der Waals surface area contributed by atoms with Crippen LogP contribution in [0.1, 0.15) is 24.2 Å². The van der Waals surface area contributed by atoms with Crippen LogP contribution in [0, 0.1) is 5.92 Å². The maximum Gasteiger partial charge on any atom is 0.321 e. The fourth-order valence-electron chi connectivity index (χ4n) is 5.02. The molecule has 0 fully saturated rings. The highest BCUT2D eigenvalue weighted by Gasteiger charge is 2.34. The lowest BCUT2D eigenvalue weighted by atomic mass is 9.99.